The maximum absolute atomic E-state index is 12.9. The molecule has 0 heterocycles. The van der Waals surface area contributed by atoms with Gasteiger partial charge in [-0.2, -0.15) is 0 Å². The molecule has 0 radical (unpaired) electrons. The highest BCUT2D eigenvalue weighted by Gasteiger charge is 2.30. The van der Waals surface area contributed by atoms with Gasteiger partial charge in [-0.15, -0.1) is 0 Å². The van der Waals surface area contributed by atoms with E-state index in [1.807, 2.05) is 6.07 Å². The van der Waals surface area contributed by atoms with Gasteiger partial charge in [0.25, 0.3) is 0 Å². The predicted molar refractivity (Wildman–Crippen MR) is 115 cm³/mol. The summed E-state index contributed by atoms with van der Waals surface area (Å²) in [6, 6.07) is 9.64. The number of phenols is 2. The summed E-state index contributed by atoms with van der Waals surface area (Å²) in [4.78, 5) is 27.6. The zero-order valence-electron chi connectivity index (χ0n) is 16.9. The van der Waals surface area contributed by atoms with Crippen LogP contribution in [0.15, 0.2) is 42.5 Å². The molecular weight excluding hydrogens is 366 g/mol. The Morgan fingerprint density at radius 1 is 0.862 bits per heavy atom. The summed E-state index contributed by atoms with van der Waals surface area (Å²) >= 11 is 0. The minimum absolute atomic E-state index is 0.00834. The quantitative estimate of drug-likeness (QED) is 0.662. The Morgan fingerprint density at radius 2 is 1.55 bits per heavy atom. The van der Waals surface area contributed by atoms with Gasteiger partial charge in [-0.25, -0.2) is 0 Å². The number of hydrogen-bond donors (Lipinski definition) is 2. The van der Waals surface area contributed by atoms with Gasteiger partial charge in [0.1, 0.15) is 11.5 Å². The van der Waals surface area contributed by atoms with Crippen molar-refractivity contribution < 1.29 is 19.8 Å². The lowest BCUT2D eigenvalue weighted by atomic mass is 9.85. The van der Waals surface area contributed by atoms with E-state index in [-0.39, 0.29) is 34.0 Å². The second kappa shape index (κ2) is 8.95. The number of Topliss-reactive ketones (excluding diaryl/α,β-unsaturated/α-hetero) is 1. The van der Waals surface area contributed by atoms with Crippen LogP contribution in [0.5, 0.6) is 11.5 Å². The monoisotopic (exact) mass is 393 g/mol. The second-order valence-corrected chi connectivity index (χ2v) is 7.35. The van der Waals surface area contributed by atoms with Crippen molar-refractivity contribution in [3.63, 3.8) is 0 Å². The molecule has 0 unspecified atom stereocenters. The van der Waals surface area contributed by atoms with E-state index in [1.165, 1.54) is 24.3 Å². The molecule has 29 heavy (non-hydrogen) atoms. The fourth-order valence-corrected chi connectivity index (χ4v) is 3.61. The van der Waals surface area contributed by atoms with E-state index in [9.17, 15) is 19.8 Å². The van der Waals surface area contributed by atoms with Crippen molar-refractivity contribution in [1.29, 1.82) is 0 Å². The van der Waals surface area contributed by atoms with Gasteiger partial charge in [0, 0.05) is 41.5 Å². The Bertz CT molecular complexity index is 953. The van der Waals surface area contributed by atoms with E-state index >= 15 is 0 Å². The van der Waals surface area contributed by atoms with Gasteiger partial charge in [-0.1, -0.05) is 38.8 Å². The molecule has 0 aliphatic heterocycles. The van der Waals surface area contributed by atoms with Crippen molar-refractivity contribution >= 4 is 22.8 Å². The van der Waals surface area contributed by atoms with Crippen molar-refractivity contribution in [2.45, 2.75) is 39.5 Å². The highest BCUT2D eigenvalue weighted by atomic mass is 16.3. The Hall–Kier alpha value is -3.08. The number of benzene rings is 2. The van der Waals surface area contributed by atoms with Crippen LogP contribution in [0, 0.1) is 0 Å². The number of allylic oxidation sites excluding steroid dienone is 2. The fraction of sp³-hybridized carbons (Fsp3) is 0.333. The minimum Gasteiger partial charge on any atom is -0.507 e. The summed E-state index contributed by atoms with van der Waals surface area (Å²) in [5.74, 6) is -1.10. The Kier molecular flexibility index (Phi) is 6.37. The maximum Gasteiger partial charge on any atom is 0.198 e. The van der Waals surface area contributed by atoms with Crippen LogP contribution in [0.1, 0.15) is 65.8 Å². The number of ketones is 2. The van der Waals surface area contributed by atoms with E-state index < -0.39 is 5.78 Å². The van der Waals surface area contributed by atoms with E-state index in [2.05, 4.69) is 18.7 Å². The zero-order valence-corrected chi connectivity index (χ0v) is 16.9. The molecule has 2 N–H and O–H groups in total. The molecule has 0 fully saturated rings. The number of rotatable bonds is 8. The number of anilines is 1. The molecule has 0 aromatic heterocycles. The summed E-state index contributed by atoms with van der Waals surface area (Å²) in [5.41, 5.74) is 1.46. The van der Waals surface area contributed by atoms with E-state index in [0.29, 0.717) is 5.56 Å². The van der Waals surface area contributed by atoms with Gasteiger partial charge in [0.05, 0.1) is 5.56 Å². The maximum atomic E-state index is 12.9. The lowest BCUT2D eigenvalue weighted by molar-refractivity contribution is 0.0999. The molecule has 152 valence electrons. The van der Waals surface area contributed by atoms with Crippen molar-refractivity contribution in [2.75, 3.05) is 18.0 Å². The highest BCUT2D eigenvalue weighted by Crippen LogP contribution is 2.37. The molecular formula is C24H27NO4. The molecule has 0 spiro atoms. The summed E-state index contributed by atoms with van der Waals surface area (Å²) in [6.45, 7) is 6.08. The first-order valence-electron chi connectivity index (χ1n) is 10.2. The summed E-state index contributed by atoms with van der Waals surface area (Å²) < 4.78 is 0. The first kappa shape index (κ1) is 20.6. The van der Waals surface area contributed by atoms with Gasteiger partial charge in [-0.05, 0) is 37.1 Å². The van der Waals surface area contributed by atoms with E-state index in [4.69, 9.17) is 0 Å². The standard InChI is InChI=1S/C24H27NO4/c1-3-5-12-25(13-6-4-2)16-10-11-17(21(27)14-16)19-15-22(28)18-8-7-9-20(26)23(18)24(19)29/h7-11,14-15,26-27H,3-6,12-13H2,1-2H3. The topological polar surface area (TPSA) is 77.8 Å². The summed E-state index contributed by atoms with van der Waals surface area (Å²) in [5, 5.41) is 20.8. The van der Waals surface area contributed by atoms with Crippen molar-refractivity contribution in [1.82, 2.24) is 0 Å². The minimum atomic E-state index is -0.463. The predicted octanol–water partition coefficient (Wildman–Crippen LogP) is 4.97. The SMILES string of the molecule is CCCCN(CCCC)c1ccc(C2=CC(=O)c3cccc(O)c3C2=O)c(O)c1. The van der Waals surface area contributed by atoms with Gasteiger partial charge in [0.15, 0.2) is 11.6 Å². The molecule has 2 aromatic rings. The molecule has 3 rings (SSSR count). The van der Waals surface area contributed by atoms with E-state index in [1.54, 1.807) is 12.1 Å². The second-order valence-electron chi connectivity index (χ2n) is 7.35. The normalized spacial score (nSPS) is 13.2. The molecule has 0 bridgehead atoms. The molecule has 5 heteroatoms. The first-order chi connectivity index (χ1) is 14.0. The zero-order chi connectivity index (χ0) is 21.0. The van der Waals surface area contributed by atoms with Crippen LogP contribution >= 0.6 is 0 Å². The van der Waals surface area contributed by atoms with Gasteiger partial charge >= 0.3 is 0 Å². The summed E-state index contributed by atoms with van der Waals surface area (Å²) in [6.07, 6.45) is 5.52. The number of carbonyl (C=O) groups excluding carboxylic acids is 2. The third-order valence-electron chi connectivity index (χ3n) is 5.25. The number of unbranched alkanes of at least 4 members (excludes halogenated alkanes) is 2. The first-order valence-corrected chi connectivity index (χ1v) is 10.2. The van der Waals surface area contributed by atoms with Crippen LogP contribution in [-0.4, -0.2) is 34.9 Å². The van der Waals surface area contributed by atoms with Crippen LogP contribution in [0.25, 0.3) is 5.57 Å². The van der Waals surface area contributed by atoms with Crippen LogP contribution in [0.3, 0.4) is 0 Å². The molecule has 0 saturated carbocycles. The van der Waals surface area contributed by atoms with Gasteiger partial charge in [-0.3, -0.25) is 9.59 Å². The number of hydrogen-bond acceptors (Lipinski definition) is 5. The van der Waals surface area contributed by atoms with Gasteiger partial charge in [0.2, 0.25) is 0 Å². The van der Waals surface area contributed by atoms with Crippen LogP contribution in [0.2, 0.25) is 0 Å². The lowest BCUT2D eigenvalue weighted by Gasteiger charge is -2.25. The number of aromatic hydroxyl groups is 2. The van der Waals surface area contributed by atoms with Crippen LogP contribution < -0.4 is 4.90 Å². The molecule has 1 aliphatic carbocycles. The highest BCUT2D eigenvalue weighted by molar-refractivity contribution is 6.39. The fourth-order valence-electron chi connectivity index (χ4n) is 3.61. The molecule has 0 saturated heterocycles. The number of nitrogens with zero attached hydrogens (tertiary/aromatic N) is 1. The smallest absolute Gasteiger partial charge is 0.198 e. The Balaban J connectivity index is 1.95. The number of phenolic OH excluding ortho intramolecular Hbond substituents is 2. The summed E-state index contributed by atoms with van der Waals surface area (Å²) in [7, 11) is 0. The molecule has 0 atom stereocenters. The number of fused-ring (bicyclic) bond motifs is 1. The molecule has 1 aliphatic rings. The molecule has 2 aromatic carbocycles. The van der Waals surface area contributed by atoms with E-state index in [0.717, 1.165) is 44.5 Å². The number of carbonyl (C=O) groups is 2. The van der Waals surface area contributed by atoms with Crippen LogP contribution in [-0.2, 0) is 0 Å². The Labute approximate surface area is 171 Å². The van der Waals surface area contributed by atoms with Gasteiger partial charge < -0.3 is 15.1 Å². The van der Waals surface area contributed by atoms with Crippen LogP contribution in [0.4, 0.5) is 5.69 Å². The third-order valence-corrected chi connectivity index (χ3v) is 5.25. The van der Waals surface area contributed by atoms with Crippen molar-refractivity contribution in [2.24, 2.45) is 0 Å². The molecule has 5 nitrogen and oxygen atoms in total. The van der Waals surface area contributed by atoms with Crippen molar-refractivity contribution in [3.05, 3.63) is 59.2 Å². The average Bonchev–Trinajstić information content (AvgIpc) is 2.71. The molecule has 0 amide bonds. The van der Waals surface area contributed by atoms with Crippen molar-refractivity contribution in [3.8, 4) is 11.5 Å². The largest absolute Gasteiger partial charge is 0.507 e. The lowest BCUT2D eigenvalue weighted by Crippen LogP contribution is -2.25. The third kappa shape index (κ3) is 4.19. The average molecular weight is 393 g/mol. The Morgan fingerprint density at radius 3 is 2.17 bits per heavy atom.